The molecular formula is C24H21BrCl3N15O7. The zero-order valence-electron chi connectivity index (χ0n) is 25.5. The number of nitrogen functional groups attached to an aromatic ring is 1. The van der Waals surface area contributed by atoms with Gasteiger partial charge in [0.2, 0.25) is 23.5 Å². The van der Waals surface area contributed by atoms with Gasteiger partial charge < -0.3 is 19.9 Å². The van der Waals surface area contributed by atoms with E-state index in [9.17, 15) is 20.2 Å². The highest BCUT2D eigenvalue weighted by molar-refractivity contribution is 9.10. The molecule has 0 amide bonds. The maximum absolute atomic E-state index is 10.9. The number of nitrogens with two attached hydrogens (primary N) is 1. The van der Waals surface area contributed by atoms with Crippen LogP contribution in [0.3, 0.4) is 0 Å². The highest BCUT2D eigenvalue weighted by Gasteiger charge is 2.22. The van der Waals surface area contributed by atoms with Crippen LogP contribution in [0.4, 0.5) is 17.1 Å². The summed E-state index contributed by atoms with van der Waals surface area (Å²) in [6.07, 6.45) is 8.99. The van der Waals surface area contributed by atoms with Crippen molar-refractivity contribution >= 4 is 67.8 Å². The fraction of sp³-hybridized carbons (Fsp3) is 0.125. The first-order chi connectivity index (χ1) is 23.9. The van der Waals surface area contributed by atoms with E-state index in [1.165, 1.54) is 57.0 Å². The number of aromatic amines is 1. The van der Waals surface area contributed by atoms with Crippen molar-refractivity contribution in [2.24, 2.45) is 0 Å². The van der Waals surface area contributed by atoms with Crippen LogP contribution >= 0.6 is 50.7 Å². The predicted octanol–water partition coefficient (Wildman–Crippen LogP) is 4.36. The first kappa shape index (κ1) is 38.7. The van der Waals surface area contributed by atoms with Gasteiger partial charge in [0.05, 0.1) is 74.0 Å². The standard InChI is InChI=1S/C8H6ClN5O3.C8H8ClN5O.C6H4BrClN2O3.C2H3N3/c1-17-8-5(9)4-6(14(15)16)7(12-8)13-10-2-3-11-13;1-15-8-5(9)4-6(10)7(13-8)14-11-2-3-12-14;1-13-6-3(8)2-4(10(11)12)5(7)9-6;1-2-4-5-3-1/h2-4H,1H3;2-4H,10H2,1H3;2H,1H3;1-2H,(H,3,4,5). The highest BCUT2D eigenvalue weighted by Crippen LogP contribution is 2.32. The second kappa shape index (κ2) is 18.7. The molecule has 3 N–H and O–H groups in total. The number of ether oxygens (including phenoxy) is 3. The zero-order chi connectivity index (χ0) is 36.8. The second-order valence-corrected chi connectivity index (χ2v) is 10.3. The van der Waals surface area contributed by atoms with E-state index < -0.39 is 9.85 Å². The summed E-state index contributed by atoms with van der Waals surface area (Å²) in [5.41, 5.74) is 5.63. The summed E-state index contributed by atoms with van der Waals surface area (Å²) in [5, 5.41) is 46.5. The molecule has 6 aromatic rings. The lowest BCUT2D eigenvalue weighted by Gasteiger charge is -2.07. The summed E-state index contributed by atoms with van der Waals surface area (Å²) in [4.78, 5) is 34.1. The maximum atomic E-state index is 10.9. The van der Waals surface area contributed by atoms with Crippen molar-refractivity contribution in [2.45, 2.75) is 0 Å². The van der Waals surface area contributed by atoms with Crippen molar-refractivity contribution in [3.8, 4) is 29.3 Å². The topological polar surface area (TPSA) is 282 Å². The van der Waals surface area contributed by atoms with E-state index in [4.69, 9.17) is 54.7 Å². The Hall–Kier alpha value is -5.78. The lowest BCUT2D eigenvalue weighted by molar-refractivity contribution is -0.386. The van der Waals surface area contributed by atoms with Gasteiger partial charge in [-0.05, 0) is 22.0 Å². The molecule has 0 saturated heterocycles. The van der Waals surface area contributed by atoms with Crippen molar-refractivity contribution in [2.75, 3.05) is 27.1 Å². The third-order valence-electron chi connectivity index (χ3n) is 5.26. The van der Waals surface area contributed by atoms with Gasteiger partial charge in [-0.2, -0.15) is 50.8 Å². The molecule has 22 nitrogen and oxygen atoms in total. The monoisotopic (exact) mass is 815 g/mol. The number of hydrogen-bond acceptors (Lipinski definition) is 17. The van der Waals surface area contributed by atoms with E-state index in [1.807, 2.05) is 0 Å². The van der Waals surface area contributed by atoms with Gasteiger partial charge in [-0.15, -0.1) is 9.59 Å². The summed E-state index contributed by atoms with van der Waals surface area (Å²) in [6.45, 7) is 0. The molecule has 0 atom stereocenters. The molecule has 0 spiro atoms. The van der Waals surface area contributed by atoms with Crippen LogP contribution in [0.1, 0.15) is 0 Å². The molecule has 0 aliphatic rings. The zero-order valence-corrected chi connectivity index (χ0v) is 29.3. The van der Waals surface area contributed by atoms with E-state index in [0.29, 0.717) is 16.5 Å². The van der Waals surface area contributed by atoms with Crippen molar-refractivity contribution in [1.29, 1.82) is 0 Å². The largest absolute Gasteiger partial charge is 0.480 e. The van der Waals surface area contributed by atoms with Gasteiger partial charge >= 0.3 is 11.4 Å². The molecule has 6 aromatic heterocycles. The third-order valence-corrected chi connectivity index (χ3v) is 6.65. The van der Waals surface area contributed by atoms with Gasteiger partial charge in [-0.3, -0.25) is 20.2 Å². The molecule has 0 unspecified atom stereocenters. The number of hydrogen-bond donors (Lipinski definition) is 2. The van der Waals surface area contributed by atoms with Crippen LogP contribution in [0.15, 0.2) is 60.0 Å². The quantitative estimate of drug-likeness (QED) is 0.129. The smallest absolute Gasteiger partial charge is 0.317 e. The number of halogens is 4. The Morgan fingerprint density at radius 3 is 1.50 bits per heavy atom. The van der Waals surface area contributed by atoms with Crippen LogP contribution in [-0.2, 0) is 0 Å². The first-order valence-electron chi connectivity index (χ1n) is 12.9. The van der Waals surface area contributed by atoms with Gasteiger partial charge in [0.25, 0.3) is 5.82 Å². The minimum atomic E-state index is -0.614. The number of nitrogens with one attached hydrogen (secondary N) is 1. The highest BCUT2D eigenvalue weighted by atomic mass is 79.9. The number of anilines is 1. The summed E-state index contributed by atoms with van der Waals surface area (Å²) >= 11 is 20.2. The van der Waals surface area contributed by atoms with E-state index in [-0.39, 0.29) is 49.5 Å². The number of pyridine rings is 3. The number of nitrogens with zero attached hydrogens (tertiary/aromatic N) is 13. The Morgan fingerprint density at radius 2 is 1.08 bits per heavy atom. The molecule has 6 rings (SSSR count). The fourth-order valence-electron chi connectivity index (χ4n) is 3.19. The number of aromatic nitrogens is 12. The third kappa shape index (κ3) is 10.4. The Labute approximate surface area is 302 Å². The molecule has 262 valence electrons. The Kier molecular flexibility index (Phi) is 14.4. The lowest BCUT2D eigenvalue weighted by atomic mass is 10.4. The Balaban J connectivity index is 0.000000190. The van der Waals surface area contributed by atoms with Gasteiger partial charge in [0, 0.05) is 12.1 Å². The maximum Gasteiger partial charge on any atom is 0.317 e. The molecule has 0 fully saturated rings. The van der Waals surface area contributed by atoms with Gasteiger partial charge in [-0.25, -0.2) is 0 Å². The van der Waals surface area contributed by atoms with Crippen LogP contribution in [0, 0.1) is 20.2 Å². The van der Waals surface area contributed by atoms with Gasteiger partial charge in [-0.1, -0.05) is 34.8 Å². The minimum absolute atomic E-state index is 0.0510. The molecule has 6 heterocycles. The van der Waals surface area contributed by atoms with Crippen molar-refractivity contribution in [3.05, 3.63) is 95.3 Å². The van der Waals surface area contributed by atoms with E-state index in [0.717, 1.165) is 10.9 Å². The van der Waals surface area contributed by atoms with E-state index in [2.05, 4.69) is 66.7 Å². The average molecular weight is 818 g/mol. The molecule has 50 heavy (non-hydrogen) atoms. The Morgan fingerprint density at radius 1 is 0.680 bits per heavy atom. The SMILES string of the molecule is COc1nc(-n2nccn2)c(N)cc1Cl.COc1nc(-n2nccn2)c([N+](=O)[O-])cc1Cl.COc1nc(Br)c([N+](=O)[O-])cc1Cl.c1cn[nH]n1. The van der Waals surface area contributed by atoms with Gasteiger partial charge in [0.1, 0.15) is 15.1 Å². The molecule has 0 radical (unpaired) electrons. The summed E-state index contributed by atoms with van der Waals surface area (Å²) in [7, 11) is 4.22. The van der Waals surface area contributed by atoms with Crippen LogP contribution < -0.4 is 19.9 Å². The second-order valence-electron chi connectivity index (χ2n) is 8.31. The average Bonchev–Trinajstić information content (AvgIpc) is 3.92. The van der Waals surface area contributed by atoms with E-state index >= 15 is 0 Å². The van der Waals surface area contributed by atoms with Crippen LogP contribution in [-0.4, -0.2) is 91.5 Å². The number of rotatable bonds is 7. The number of nitro groups is 2. The Bertz CT molecular complexity index is 1990. The van der Waals surface area contributed by atoms with Crippen LogP contribution in [0.25, 0.3) is 11.6 Å². The molecule has 0 aromatic carbocycles. The van der Waals surface area contributed by atoms with Gasteiger partial charge in [0.15, 0.2) is 4.60 Å². The van der Waals surface area contributed by atoms with Crippen LogP contribution in [0.2, 0.25) is 15.1 Å². The van der Waals surface area contributed by atoms with Crippen molar-refractivity contribution in [3.63, 3.8) is 0 Å². The lowest BCUT2D eigenvalue weighted by Crippen LogP contribution is -2.07. The predicted molar refractivity (Wildman–Crippen MR) is 179 cm³/mol. The van der Waals surface area contributed by atoms with Crippen molar-refractivity contribution < 1.29 is 24.1 Å². The number of methoxy groups -OCH3 is 3. The minimum Gasteiger partial charge on any atom is -0.480 e. The molecule has 0 bridgehead atoms. The normalized spacial score (nSPS) is 9.90. The molecule has 26 heteroatoms. The summed E-state index contributed by atoms with van der Waals surface area (Å²) in [5.74, 6) is 0.851. The summed E-state index contributed by atoms with van der Waals surface area (Å²) < 4.78 is 14.7. The first-order valence-corrected chi connectivity index (χ1v) is 14.8. The van der Waals surface area contributed by atoms with Crippen LogP contribution in [0.5, 0.6) is 17.6 Å². The van der Waals surface area contributed by atoms with E-state index in [1.54, 1.807) is 18.5 Å². The summed E-state index contributed by atoms with van der Waals surface area (Å²) in [6, 6.07) is 3.87. The van der Waals surface area contributed by atoms with Crippen molar-refractivity contribution in [1.82, 2.24) is 60.4 Å². The number of H-pyrrole nitrogens is 1. The molecule has 0 saturated carbocycles. The molecule has 0 aliphatic heterocycles. The molecular weight excluding hydrogens is 797 g/mol. The molecule has 0 aliphatic carbocycles. The fourth-order valence-corrected chi connectivity index (χ4v) is 4.29.